The van der Waals surface area contributed by atoms with Crippen molar-refractivity contribution in [2.24, 2.45) is 0 Å². The number of nitrogens with one attached hydrogen (secondary N) is 5. The molecule has 2 aromatic carbocycles. The quantitative estimate of drug-likeness (QED) is 0.0721. The van der Waals surface area contributed by atoms with Crippen LogP contribution in [0.15, 0.2) is 60.9 Å². The van der Waals surface area contributed by atoms with Gasteiger partial charge in [0.1, 0.15) is 11.5 Å². The molecule has 14 nitrogen and oxygen atoms in total. The van der Waals surface area contributed by atoms with Crippen LogP contribution in [0.25, 0.3) is 0 Å². The molecule has 1 aliphatic rings. The number of aromatic amines is 1. The van der Waals surface area contributed by atoms with Crippen molar-refractivity contribution in [3.05, 3.63) is 94.6 Å². The van der Waals surface area contributed by atoms with Gasteiger partial charge in [-0.1, -0.05) is 19.3 Å². The van der Waals surface area contributed by atoms with Gasteiger partial charge in [-0.3, -0.25) is 29.0 Å². The van der Waals surface area contributed by atoms with Crippen molar-refractivity contribution < 1.29 is 55.0 Å². The molecule has 0 atom stereocenters. The molecule has 2 aromatic heterocycles. The molecule has 314 valence electrons. The molecular formula is C38H44F6N8O6. The molecular weight excluding hydrogens is 778 g/mol. The van der Waals surface area contributed by atoms with Crippen LogP contribution in [0.1, 0.15) is 105 Å². The second-order valence-electron chi connectivity index (χ2n) is 12.8. The number of benzene rings is 2. The first-order chi connectivity index (χ1) is 27.6. The first kappa shape index (κ1) is 44.6. The number of hydrogen-bond donors (Lipinski definition) is 5. The molecule has 4 amide bonds. The Morgan fingerprint density at radius 2 is 1.12 bits per heavy atom. The summed E-state index contributed by atoms with van der Waals surface area (Å²) in [6.45, 7) is 4.78. The van der Waals surface area contributed by atoms with E-state index < -0.39 is 46.7 Å². The van der Waals surface area contributed by atoms with Crippen LogP contribution in [0.5, 0.6) is 11.5 Å². The Hall–Kier alpha value is -6.08. The summed E-state index contributed by atoms with van der Waals surface area (Å²) in [7, 11) is 0. The Kier molecular flexibility index (Phi) is 16.1. The van der Waals surface area contributed by atoms with Crippen LogP contribution in [0.2, 0.25) is 0 Å². The lowest BCUT2D eigenvalue weighted by Crippen LogP contribution is -2.35. The van der Waals surface area contributed by atoms with Crippen molar-refractivity contribution in [1.82, 2.24) is 41.2 Å². The normalized spacial score (nSPS) is 13.1. The van der Waals surface area contributed by atoms with E-state index in [9.17, 15) is 45.5 Å². The van der Waals surface area contributed by atoms with Crippen LogP contribution < -0.4 is 30.7 Å². The van der Waals surface area contributed by atoms with Crippen LogP contribution in [0.4, 0.5) is 26.3 Å². The highest BCUT2D eigenvalue weighted by Crippen LogP contribution is 2.34. The predicted octanol–water partition coefficient (Wildman–Crippen LogP) is 5.95. The number of rotatable bonds is 15. The van der Waals surface area contributed by atoms with Gasteiger partial charge in [0.25, 0.3) is 23.6 Å². The van der Waals surface area contributed by atoms with Gasteiger partial charge in [-0.25, -0.2) is 0 Å². The number of ether oxygens (including phenoxy) is 2. The van der Waals surface area contributed by atoms with Crippen molar-refractivity contribution in [1.29, 1.82) is 0 Å². The number of H-pyrrole nitrogens is 1. The highest BCUT2D eigenvalue weighted by Gasteiger charge is 2.40. The van der Waals surface area contributed by atoms with Gasteiger partial charge >= 0.3 is 12.4 Å². The fourth-order valence-electron chi connectivity index (χ4n) is 5.81. The lowest BCUT2D eigenvalue weighted by molar-refractivity contribution is -0.142. The fourth-order valence-corrected chi connectivity index (χ4v) is 5.81. The molecule has 1 saturated carbocycles. The SMILES string of the molecule is CCOc1ccc(C(=O)NCCNC(=O)c2cn(C3CCCCC3)nc2C(F)(F)F)cc1.CCOc1ccc(C(=O)NCCNC(=O)c2cn[nH]c2C(F)(F)F)cc1. The van der Waals surface area contributed by atoms with Crippen molar-refractivity contribution in [3.63, 3.8) is 0 Å². The zero-order chi connectivity index (χ0) is 42.3. The Bertz CT molecular complexity index is 1960. The minimum atomic E-state index is -4.73. The second-order valence-corrected chi connectivity index (χ2v) is 12.8. The number of carbonyl (C=O) groups excluding carboxylic acids is 4. The van der Waals surface area contributed by atoms with Gasteiger partial charge < -0.3 is 30.7 Å². The van der Waals surface area contributed by atoms with E-state index in [-0.39, 0.29) is 44.0 Å². The van der Waals surface area contributed by atoms with Crippen molar-refractivity contribution in [2.45, 2.75) is 64.3 Å². The molecule has 20 heteroatoms. The van der Waals surface area contributed by atoms with Crippen LogP contribution in [0.3, 0.4) is 0 Å². The van der Waals surface area contributed by atoms with Crippen LogP contribution >= 0.6 is 0 Å². The molecule has 0 bridgehead atoms. The van der Waals surface area contributed by atoms with E-state index >= 15 is 0 Å². The van der Waals surface area contributed by atoms with Crippen molar-refractivity contribution in [2.75, 3.05) is 39.4 Å². The van der Waals surface area contributed by atoms with E-state index in [1.807, 2.05) is 13.8 Å². The average Bonchev–Trinajstić information content (AvgIpc) is 3.89. The maximum absolute atomic E-state index is 13.4. The molecule has 0 radical (unpaired) electrons. The topological polar surface area (TPSA) is 181 Å². The van der Waals surface area contributed by atoms with E-state index in [0.717, 1.165) is 38.3 Å². The van der Waals surface area contributed by atoms with Crippen molar-refractivity contribution >= 4 is 23.6 Å². The molecule has 4 aromatic rings. The minimum Gasteiger partial charge on any atom is -0.494 e. The number of hydrogen-bond acceptors (Lipinski definition) is 8. The minimum absolute atomic E-state index is 0.0203. The number of aromatic nitrogens is 4. The predicted molar refractivity (Wildman–Crippen MR) is 197 cm³/mol. The maximum atomic E-state index is 13.4. The van der Waals surface area contributed by atoms with Crippen molar-refractivity contribution in [3.8, 4) is 11.5 Å². The number of halogens is 6. The Morgan fingerprint density at radius 3 is 1.55 bits per heavy atom. The molecule has 5 rings (SSSR count). The summed E-state index contributed by atoms with van der Waals surface area (Å²) in [4.78, 5) is 48.3. The summed E-state index contributed by atoms with van der Waals surface area (Å²) >= 11 is 0. The molecule has 0 unspecified atom stereocenters. The summed E-state index contributed by atoms with van der Waals surface area (Å²) in [6, 6.07) is 12.9. The van der Waals surface area contributed by atoms with Crippen LogP contribution in [-0.2, 0) is 12.4 Å². The summed E-state index contributed by atoms with van der Waals surface area (Å²) in [5.74, 6) is -1.25. The van der Waals surface area contributed by atoms with Gasteiger partial charge in [0, 0.05) is 43.5 Å². The standard InChI is InChI=1S/C22H27F3N4O3.C16H17F3N4O3/c1-2-32-17-10-8-15(9-11-17)20(30)26-12-13-27-21(31)18-14-29(16-6-4-3-5-7-16)28-19(18)22(23,24)25;1-2-26-11-5-3-10(4-6-11)14(24)20-7-8-21-15(25)12-9-22-23-13(12)16(17,18)19/h8-11,14,16H,2-7,12-13H2,1H3,(H,26,30)(H,27,31);3-6,9H,2,7-8H2,1H3,(H,20,24)(H,21,25)(H,22,23). The van der Waals surface area contributed by atoms with Gasteiger partial charge in [-0.2, -0.15) is 36.5 Å². The number of alkyl halides is 6. The molecule has 58 heavy (non-hydrogen) atoms. The van der Waals surface area contributed by atoms with Gasteiger partial charge in [-0.15, -0.1) is 0 Å². The summed E-state index contributed by atoms with van der Waals surface area (Å²) in [6.07, 6.45) is -3.03. The second kappa shape index (κ2) is 20.9. The Morgan fingerprint density at radius 1 is 0.672 bits per heavy atom. The zero-order valence-electron chi connectivity index (χ0n) is 31.7. The van der Waals surface area contributed by atoms with Gasteiger partial charge in [0.05, 0.1) is 36.6 Å². The lowest BCUT2D eigenvalue weighted by atomic mass is 9.96. The smallest absolute Gasteiger partial charge is 0.435 e. The van der Waals surface area contributed by atoms with Gasteiger partial charge in [0.15, 0.2) is 11.4 Å². The van der Waals surface area contributed by atoms with E-state index in [1.54, 1.807) is 53.6 Å². The maximum Gasteiger partial charge on any atom is 0.435 e. The number of nitrogens with zero attached hydrogens (tertiary/aromatic N) is 3. The molecule has 0 spiro atoms. The van der Waals surface area contributed by atoms with Crippen LogP contribution in [-0.4, -0.2) is 83.0 Å². The van der Waals surface area contributed by atoms with Crippen LogP contribution in [0, 0.1) is 0 Å². The fraction of sp³-hybridized carbons (Fsp3) is 0.421. The highest BCUT2D eigenvalue weighted by molar-refractivity contribution is 5.97. The average molecular weight is 823 g/mol. The highest BCUT2D eigenvalue weighted by atomic mass is 19.4. The Labute approximate surface area is 329 Å². The van der Waals surface area contributed by atoms with E-state index in [4.69, 9.17) is 9.47 Å². The molecule has 5 N–H and O–H groups in total. The largest absolute Gasteiger partial charge is 0.494 e. The van der Waals surface area contributed by atoms with E-state index in [0.29, 0.717) is 35.8 Å². The third kappa shape index (κ3) is 13.0. The molecule has 1 aliphatic carbocycles. The zero-order valence-corrected chi connectivity index (χ0v) is 31.7. The first-order valence-electron chi connectivity index (χ1n) is 18.5. The summed E-state index contributed by atoms with van der Waals surface area (Å²) in [5, 5.41) is 18.6. The van der Waals surface area contributed by atoms with Gasteiger partial charge in [-0.05, 0) is 75.2 Å². The third-order valence-corrected chi connectivity index (χ3v) is 8.61. The monoisotopic (exact) mass is 822 g/mol. The molecule has 2 heterocycles. The van der Waals surface area contributed by atoms with E-state index in [1.165, 1.54) is 10.9 Å². The first-order valence-corrected chi connectivity index (χ1v) is 18.5. The molecule has 0 saturated heterocycles. The molecule has 0 aliphatic heterocycles. The van der Waals surface area contributed by atoms with E-state index in [2.05, 4.69) is 31.5 Å². The molecule has 1 fully saturated rings. The van der Waals surface area contributed by atoms with Gasteiger partial charge in [0.2, 0.25) is 0 Å². The lowest BCUT2D eigenvalue weighted by Gasteiger charge is -2.21. The summed E-state index contributed by atoms with van der Waals surface area (Å²) < 4.78 is 90.2. The number of amides is 4. The number of carbonyl (C=O) groups is 4. The Balaban J connectivity index is 0.000000262. The summed E-state index contributed by atoms with van der Waals surface area (Å²) in [5.41, 5.74) is -2.69. The third-order valence-electron chi connectivity index (χ3n) is 8.61.